The topological polar surface area (TPSA) is 69.2 Å². The molecule has 2 rings (SSSR count). The molecule has 0 spiro atoms. The van der Waals surface area contributed by atoms with E-state index in [0.717, 1.165) is 11.0 Å². The number of hydrogen-bond donors (Lipinski definition) is 2. The van der Waals surface area contributed by atoms with Gasteiger partial charge >= 0.3 is 6.09 Å². The van der Waals surface area contributed by atoms with Crippen LogP contribution in [0, 0.1) is 13.8 Å². The predicted octanol–water partition coefficient (Wildman–Crippen LogP) is 3.46. The molecule has 0 radical (unpaired) electrons. The molecule has 108 valence electrons. The number of carboxylic acid groups (broad SMARTS) is 1. The van der Waals surface area contributed by atoms with Gasteiger partial charge in [0.15, 0.2) is 0 Å². The number of H-pyrrole nitrogens is 1. The van der Waals surface area contributed by atoms with Crippen LogP contribution in [0.15, 0.2) is 12.1 Å². The second kappa shape index (κ2) is 4.81. The van der Waals surface area contributed by atoms with E-state index in [1.165, 1.54) is 16.0 Å². The van der Waals surface area contributed by atoms with Gasteiger partial charge in [0.25, 0.3) is 0 Å². The van der Waals surface area contributed by atoms with Gasteiger partial charge in [-0.3, -0.25) is 4.90 Å². The van der Waals surface area contributed by atoms with Crippen LogP contribution in [0.5, 0.6) is 0 Å². The molecular formula is C15H21N3O2. The fraction of sp³-hybridized carbons (Fsp3) is 0.467. The van der Waals surface area contributed by atoms with E-state index in [9.17, 15) is 9.90 Å². The van der Waals surface area contributed by atoms with Crippen LogP contribution >= 0.6 is 0 Å². The fourth-order valence-corrected chi connectivity index (χ4v) is 2.14. The summed E-state index contributed by atoms with van der Waals surface area (Å²) in [6.45, 7) is 9.97. The van der Waals surface area contributed by atoms with Gasteiger partial charge < -0.3 is 10.1 Å². The first-order chi connectivity index (χ1) is 9.18. The van der Waals surface area contributed by atoms with Crippen LogP contribution in [0.1, 0.15) is 37.7 Å². The minimum absolute atomic E-state index is 0.256. The number of carbonyl (C=O) groups is 1. The van der Waals surface area contributed by atoms with E-state index in [-0.39, 0.29) is 6.54 Å². The minimum Gasteiger partial charge on any atom is -0.465 e. The van der Waals surface area contributed by atoms with Crippen LogP contribution in [0.2, 0.25) is 0 Å². The Morgan fingerprint density at radius 2 is 1.90 bits per heavy atom. The average Bonchev–Trinajstić information content (AvgIpc) is 2.66. The zero-order chi connectivity index (χ0) is 15.1. The smallest absolute Gasteiger partial charge is 0.408 e. The van der Waals surface area contributed by atoms with Gasteiger partial charge in [-0.2, -0.15) is 0 Å². The summed E-state index contributed by atoms with van der Waals surface area (Å²) in [5, 5.41) is 9.32. The van der Waals surface area contributed by atoms with Crippen molar-refractivity contribution in [1.82, 2.24) is 14.9 Å². The lowest BCUT2D eigenvalue weighted by atomic mass is 10.1. The highest BCUT2D eigenvalue weighted by Gasteiger charge is 2.27. The van der Waals surface area contributed by atoms with E-state index in [1.54, 1.807) is 0 Å². The second-order valence-electron chi connectivity index (χ2n) is 6.18. The van der Waals surface area contributed by atoms with Crippen molar-refractivity contribution in [1.29, 1.82) is 0 Å². The SMILES string of the molecule is Cc1cc2nc(CN(C(=O)O)C(C)(C)C)[nH]c2cc1C. The molecule has 0 aliphatic carbocycles. The molecule has 0 bridgehead atoms. The van der Waals surface area contributed by atoms with Crippen LogP contribution in [-0.4, -0.2) is 31.6 Å². The Morgan fingerprint density at radius 1 is 1.30 bits per heavy atom. The van der Waals surface area contributed by atoms with Crippen molar-refractivity contribution in [3.05, 3.63) is 29.1 Å². The molecule has 1 amide bonds. The summed E-state index contributed by atoms with van der Waals surface area (Å²) in [5.41, 5.74) is 3.74. The molecule has 20 heavy (non-hydrogen) atoms. The van der Waals surface area contributed by atoms with Gasteiger partial charge in [-0.25, -0.2) is 9.78 Å². The number of aromatic nitrogens is 2. The molecule has 0 atom stereocenters. The number of benzene rings is 1. The van der Waals surface area contributed by atoms with Crippen molar-refractivity contribution >= 4 is 17.1 Å². The number of fused-ring (bicyclic) bond motifs is 1. The number of rotatable bonds is 2. The number of amides is 1. The van der Waals surface area contributed by atoms with Crippen molar-refractivity contribution in [2.45, 2.75) is 46.7 Å². The van der Waals surface area contributed by atoms with Crippen molar-refractivity contribution in [2.75, 3.05) is 0 Å². The number of hydrogen-bond acceptors (Lipinski definition) is 2. The van der Waals surface area contributed by atoms with Crippen LogP contribution in [0.3, 0.4) is 0 Å². The predicted molar refractivity (Wildman–Crippen MR) is 78.9 cm³/mol. The summed E-state index contributed by atoms with van der Waals surface area (Å²) in [4.78, 5) is 20.4. The highest BCUT2D eigenvalue weighted by atomic mass is 16.4. The highest BCUT2D eigenvalue weighted by Crippen LogP contribution is 2.20. The van der Waals surface area contributed by atoms with Crippen LogP contribution in [0.25, 0.3) is 11.0 Å². The Labute approximate surface area is 118 Å². The Hall–Kier alpha value is -2.04. The van der Waals surface area contributed by atoms with Gasteiger partial charge in [0, 0.05) is 5.54 Å². The van der Waals surface area contributed by atoms with Gasteiger partial charge in [-0.05, 0) is 57.9 Å². The maximum Gasteiger partial charge on any atom is 0.408 e. The van der Waals surface area contributed by atoms with Gasteiger partial charge in [-0.15, -0.1) is 0 Å². The Kier molecular flexibility index (Phi) is 3.46. The summed E-state index contributed by atoms with van der Waals surface area (Å²) in [5.74, 6) is 0.669. The monoisotopic (exact) mass is 275 g/mol. The molecule has 5 nitrogen and oxygen atoms in total. The first-order valence-electron chi connectivity index (χ1n) is 6.65. The molecule has 1 aromatic carbocycles. The van der Waals surface area contributed by atoms with Gasteiger partial charge in [0.05, 0.1) is 17.6 Å². The minimum atomic E-state index is -0.940. The Balaban J connectivity index is 2.36. The van der Waals surface area contributed by atoms with Crippen LogP contribution in [0.4, 0.5) is 4.79 Å². The third kappa shape index (κ3) is 2.76. The molecular weight excluding hydrogens is 254 g/mol. The molecule has 1 aromatic heterocycles. The number of nitrogens with one attached hydrogen (secondary N) is 1. The van der Waals surface area contributed by atoms with Gasteiger partial charge in [0.2, 0.25) is 0 Å². The van der Waals surface area contributed by atoms with E-state index in [1.807, 2.05) is 46.8 Å². The van der Waals surface area contributed by atoms with Crippen molar-refractivity contribution in [2.24, 2.45) is 0 Å². The molecule has 0 unspecified atom stereocenters. The lowest BCUT2D eigenvalue weighted by Gasteiger charge is -2.32. The molecule has 2 N–H and O–H groups in total. The van der Waals surface area contributed by atoms with E-state index < -0.39 is 11.6 Å². The number of aromatic amines is 1. The van der Waals surface area contributed by atoms with E-state index in [4.69, 9.17) is 0 Å². The molecule has 5 heteroatoms. The zero-order valence-electron chi connectivity index (χ0n) is 12.6. The lowest BCUT2D eigenvalue weighted by Crippen LogP contribution is -2.44. The summed E-state index contributed by atoms with van der Waals surface area (Å²) < 4.78 is 0. The maximum absolute atomic E-state index is 11.4. The average molecular weight is 275 g/mol. The Morgan fingerprint density at radius 3 is 2.45 bits per heavy atom. The lowest BCUT2D eigenvalue weighted by molar-refractivity contribution is 0.0940. The fourth-order valence-electron chi connectivity index (χ4n) is 2.14. The van der Waals surface area contributed by atoms with E-state index in [0.29, 0.717) is 5.82 Å². The molecule has 0 aliphatic heterocycles. The summed E-state index contributed by atoms with van der Waals surface area (Å²) in [6.07, 6.45) is -0.940. The number of imidazole rings is 1. The normalized spacial score (nSPS) is 11.8. The first kappa shape index (κ1) is 14.4. The maximum atomic E-state index is 11.4. The molecule has 0 saturated heterocycles. The summed E-state index contributed by atoms with van der Waals surface area (Å²) in [7, 11) is 0. The van der Waals surface area contributed by atoms with Crippen molar-refractivity contribution < 1.29 is 9.90 Å². The molecule has 0 aliphatic rings. The molecule has 2 aromatic rings. The van der Waals surface area contributed by atoms with E-state index >= 15 is 0 Å². The van der Waals surface area contributed by atoms with Crippen molar-refractivity contribution in [3.63, 3.8) is 0 Å². The first-order valence-corrected chi connectivity index (χ1v) is 6.65. The second-order valence-corrected chi connectivity index (χ2v) is 6.18. The molecule has 1 heterocycles. The van der Waals surface area contributed by atoms with Crippen LogP contribution < -0.4 is 0 Å². The standard InChI is InChI=1S/C15H21N3O2/c1-9-6-11-12(7-10(9)2)17-13(16-11)8-18(14(19)20)15(3,4)5/h6-7H,8H2,1-5H3,(H,16,17)(H,19,20). The summed E-state index contributed by atoms with van der Waals surface area (Å²) >= 11 is 0. The zero-order valence-corrected chi connectivity index (χ0v) is 12.6. The third-order valence-electron chi connectivity index (χ3n) is 3.49. The van der Waals surface area contributed by atoms with Crippen molar-refractivity contribution in [3.8, 4) is 0 Å². The third-order valence-corrected chi connectivity index (χ3v) is 3.49. The van der Waals surface area contributed by atoms with E-state index in [2.05, 4.69) is 9.97 Å². The summed E-state index contributed by atoms with van der Waals surface area (Å²) in [6, 6.07) is 4.07. The molecule has 0 saturated carbocycles. The van der Waals surface area contributed by atoms with Gasteiger partial charge in [-0.1, -0.05) is 0 Å². The quantitative estimate of drug-likeness (QED) is 0.881. The number of aryl methyl sites for hydroxylation is 2. The van der Waals surface area contributed by atoms with Gasteiger partial charge in [0.1, 0.15) is 5.82 Å². The largest absolute Gasteiger partial charge is 0.465 e. The number of nitrogens with zero attached hydrogens (tertiary/aromatic N) is 2. The Bertz CT molecular complexity index is 614. The molecule has 0 fully saturated rings. The van der Waals surface area contributed by atoms with Crippen LogP contribution in [-0.2, 0) is 6.54 Å². The highest BCUT2D eigenvalue weighted by molar-refractivity contribution is 5.77.